The molecular weight excluding hydrogens is 190 g/mol. The summed E-state index contributed by atoms with van der Waals surface area (Å²) in [7, 11) is 0. The van der Waals surface area contributed by atoms with Gasteiger partial charge in [-0.25, -0.2) is 4.79 Å². The van der Waals surface area contributed by atoms with Gasteiger partial charge in [0.2, 0.25) is 0 Å². The average Bonchev–Trinajstić information content (AvgIpc) is 2.25. The molecule has 0 aliphatic rings. The zero-order valence-electron chi connectivity index (χ0n) is 8.58. The molecule has 0 saturated heterocycles. The summed E-state index contributed by atoms with van der Waals surface area (Å²) in [6.07, 6.45) is 0. The molecule has 0 radical (unpaired) electrons. The number of benzene rings is 1. The van der Waals surface area contributed by atoms with Gasteiger partial charge in [-0.05, 0) is 24.6 Å². The summed E-state index contributed by atoms with van der Waals surface area (Å²) in [5.41, 5.74) is 1.37. The number of hydrogen-bond donors (Lipinski definition) is 2. The first-order valence-electron chi connectivity index (χ1n) is 4.66. The number of nitrogens with one attached hydrogen (secondary N) is 1. The van der Waals surface area contributed by atoms with E-state index in [0.29, 0.717) is 18.7 Å². The molecule has 1 rings (SSSR count). The Morgan fingerprint density at radius 3 is 2.60 bits per heavy atom. The number of aromatic carboxylic acids is 1. The SMILES string of the molecule is CC#CCNCc1ccc(C(=O)O)cc1. The van der Waals surface area contributed by atoms with E-state index in [1.165, 1.54) is 0 Å². The van der Waals surface area contributed by atoms with E-state index in [2.05, 4.69) is 17.2 Å². The van der Waals surface area contributed by atoms with Gasteiger partial charge < -0.3 is 10.4 Å². The van der Waals surface area contributed by atoms with E-state index >= 15 is 0 Å². The number of rotatable bonds is 4. The minimum absolute atomic E-state index is 0.312. The molecule has 0 unspecified atom stereocenters. The van der Waals surface area contributed by atoms with Crippen LogP contribution in [-0.4, -0.2) is 17.6 Å². The van der Waals surface area contributed by atoms with E-state index in [4.69, 9.17) is 5.11 Å². The lowest BCUT2D eigenvalue weighted by molar-refractivity contribution is 0.0697. The first kappa shape index (κ1) is 11.3. The molecule has 3 nitrogen and oxygen atoms in total. The highest BCUT2D eigenvalue weighted by molar-refractivity contribution is 5.87. The Hall–Kier alpha value is -1.79. The maximum absolute atomic E-state index is 10.6. The van der Waals surface area contributed by atoms with Crippen LogP contribution in [0.15, 0.2) is 24.3 Å². The van der Waals surface area contributed by atoms with Gasteiger partial charge in [0.25, 0.3) is 0 Å². The highest BCUT2D eigenvalue weighted by Gasteiger charge is 2.00. The van der Waals surface area contributed by atoms with Crippen LogP contribution in [0.3, 0.4) is 0 Å². The normalized spacial score (nSPS) is 9.13. The maximum Gasteiger partial charge on any atom is 0.335 e. The summed E-state index contributed by atoms with van der Waals surface area (Å²) < 4.78 is 0. The van der Waals surface area contributed by atoms with Gasteiger partial charge >= 0.3 is 5.97 Å². The quantitative estimate of drug-likeness (QED) is 0.576. The average molecular weight is 203 g/mol. The molecule has 0 aliphatic carbocycles. The van der Waals surface area contributed by atoms with Gasteiger partial charge in [0.1, 0.15) is 0 Å². The Morgan fingerprint density at radius 2 is 2.07 bits per heavy atom. The van der Waals surface area contributed by atoms with Crippen molar-refractivity contribution in [3.05, 3.63) is 35.4 Å². The number of carboxylic acids is 1. The Bertz CT molecular complexity index is 384. The second kappa shape index (κ2) is 5.84. The summed E-state index contributed by atoms with van der Waals surface area (Å²) >= 11 is 0. The van der Waals surface area contributed by atoms with Crippen LogP contribution < -0.4 is 5.32 Å². The van der Waals surface area contributed by atoms with Crippen molar-refractivity contribution in [2.45, 2.75) is 13.5 Å². The molecule has 0 fully saturated rings. The van der Waals surface area contributed by atoms with E-state index in [1.807, 2.05) is 0 Å². The second-order valence-electron chi connectivity index (χ2n) is 3.03. The third kappa shape index (κ3) is 3.84. The van der Waals surface area contributed by atoms with Crippen LogP contribution in [0.25, 0.3) is 0 Å². The standard InChI is InChI=1S/C12H13NO2/c1-2-3-8-13-9-10-4-6-11(7-5-10)12(14)15/h4-7,13H,8-9H2,1H3,(H,14,15). The Labute approximate surface area is 89.1 Å². The van der Waals surface area contributed by atoms with E-state index in [-0.39, 0.29) is 0 Å². The third-order valence-electron chi connectivity index (χ3n) is 1.92. The first-order chi connectivity index (χ1) is 7.24. The van der Waals surface area contributed by atoms with E-state index in [1.54, 1.807) is 31.2 Å². The summed E-state index contributed by atoms with van der Waals surface area (Å²) in [6, 6.07) is 6.81. The topological polar surface area (TPSA) is 49.3 Å². The van der Waals surface area contributed by atoms with Gasteiger partial charge in [0.15, 0.2) is 0 Å². The van der Waals surface area contributed by atoms with Crippen molar-refractivity contribution in [1.29, 1.82) is 0 Å². The molecule has 0 aliphatic heterocycles. The third-order valence-corrected chi connectivity index (χ3v) is 1.92. The zero-order chi connectivity index (χ0) is 11.1. The van der Waals surface area contributed by atoms with Crippen molar-refractivity contribution >= 4 is 5.97 Å². The highest BCUT2D eigenvalue weighted by Crippen LogP contribution is 2.03. The second-order valence-corrected chi connectivity index (χ2v) is 3.03. The maximum atomic E-state index is 10.6. The molecular formula is C12H13NO2. The fourth-order valence-corrected chi connectivity index (χ4v) is 1.12. The van der Waals surface area contributed by atoms with Crippen molar-refractivity contribution in [3.63, 3.8) is 0 Å². The van der Waals surface area contributed by atoms with Crippen LogP contribution in [0.5, 0.6) is 0 Å². The minimum Gasteiger partial charge on any atom is -0.478 e. The van der Waals surface area contributed by atoms with Crippen molar-refractivity contribution in [2.75, 3.05) is 6.54 Å². The van der Waals surface area contributed by atoms with Crippen molar-refractivity contribution in [3.8, 4) is 11.8 Å². The minimum atomic E-state index is -0.897. The molecule has 0 bridgehead atoms. The Morgan fingerprint density at radius 1 is 1.40 bits per heavy atom. The number of hydrogen-bond acceptors (Lipinski definition) is 2. The molecule has 3 heteroatoms. The Kier molecular flexibility index (Phi) is 4.39. The lowest BCUT2D eigenvalue weighted by Crippen LogP contribution is -2.13. The largest absolute Gasteiger partial charge is 0.478 e. The van der Waals surface area contributed by atoms with E-state index in [9.17, 15) is 4.79 Å². The van der Waals surface area contributed by atoms with Crippen LogP contribution in [0, 0.1) is 11.8 Å². The molecule has 15 heavy (non-hydrogen) atoms. The predicted octanol–water partition coefficient (Wildman–Crippen LogP) is 1.50. The van der Waals surface area contributed by atoms with Crippen molar-refractivity contribution in [2.24, 2.45) is 0 Å². The van der Waals surface area contributed by atoms with Gasteiger partial charge in [0, 0.05) is 6.54 Å². The molecule has 0 heterocycles. The van der Waals surface area contributed by atoms with Gasteiger partial charge in [-0.2, -0.15) is 0 Å². The molecule has 1 aromatic carbocycles. The number of carboxylic acid groups (broad SMARTS) is 1. The van der Waals surface area contributed by atoms with Crippen LogP contribution in [0.2, 0.25) is 0 Å². The smallest absolute Gasteiger partial charge is 0.335 e. The summed E-state index contributed by atoms with van der Waals surface area (Å²) in [4.78, 5) is 10.6. The van der Waals surface area contributed by atoms with Gasteiger partial charge in [0.05, 0.1) is 12.1 Å². The summed E-state index contributed by atoms with van der Waals surface area (Å²) in [5.74, 6) is 4.78. The van der Waals surface area contributed by atoms with Gasteiger partial charge in [-0.3, -0.25) is 0 Å². The monoisotopic (exact) mass is 203 g/mol. The van der Waals surface area contributed by atoms with Gasteiger partial charge in [-0.1, -0.05) is 18.1 Å². The fourth-order valence-electron chi connectivity index (χ4n) is 1.12. The summed E-state index contributed by atoms with van der Waals surface area (Å²) in [5, 5.41) is 11.8. The highest BCUT2D eigenvalue weighted by atomic mass is 16.4. The Balaban J connectivity index is 2.48. The molecule has 0 aromatic heterocycles. The van der Waals surface area contributed by atoms with Crippen LogP contribution in [-0.2, 0) is 6.54 Å². The zero-order valence-corrected chi connectivity index (χ0v) is 8.58. The van der Waals surface area contributed by atoms with E-state index < -0.39 is 5.97 Å². The molecule has 0 spiro atoms. The van der Waals surface area contributed by atoms with Crippen molar-refractivity contribution in [1.82, 2.24) is 5.32 Å². The number of carbonyl (C=O) groups is 1. The molecule has 0 atom stereocenters. The van der Waals surface area contributed by atoms with Gasteiger partial charge in [-0.15, -0.1) is 5.92 Å². The molecule has 0 saturated carbocycles. The van der Waals surface area contributed by atoms with Crippen LogP contribution in [0.1, 0.15) is 22.8 Å². The van der Waals surface area contributed by atoms with Crippen LogP contribution in [0.4, 0.5) is 0 Å². The fraction of sp³-hybridized carbons (Fsp3) is 0.250. The molecule has 78 valence electrons. The lowest BCUT2D eigenvalue weighted by atomic mass is 10.1. The molecule has 2 N–H and O–H groups in total. The summed E-state index contributed by atoms with van der Waals surface area (Å²) in [6.45, 7) is 3.15. The van der Waals surface area contributed by atoms with Crippen LogP contribution >= 0.6 is 0 Å². The first-order valence-corrected chi connectivity index (χ1v) is 4.66. The predicted molar refractivity (Wildman–Crippen MR) is 58.6 cm³/mol. The van der Waals surface area contributed by atoms with E-state index in [0.717, 1.165) is 5.56 Å². The molecule has 1 aromatic rings. The molecule has 0 amide bonds. The van der Waals surface area contributed by atoms with Crippen molar-refractivity contribution < 1.29 is 9.90 Å². The lowest BCUT2D eigenvalue weighted by Gasteiger charge is -2.01.